The van der Waals surface area contributed by atoms with E-state index >= 15 is 0 Å². The summed E-state index contributed by atoms with van der Waals surface area (Å²) in [7, 11) is 2.08. The number of rotatable bonds is 5. The molecule has 3 nitrogen and oxygen atoms in total. The fourth-order valence-corrected chi connectivity index (χ4v) is 3.68. The van der Waals surface area contributed by atoms with Crippen molar-refractivity contribution in [2.24, 2.45) is 5.41 Å². The monoisotopic (exact) mass is 253 g/mol. The standard InChI is InChI=1S/C15H31N3/c1-5-15(3,11-16-4)12-18-10-14-7-6-8-17(14)9-13(18)2/h13-14,16H,5-12H2,1-4H3. The summed E-state index contributed by atoms with van der Waals surface area (Å²) in [6, 6.07) is 1.57. The van der Waals surface area contributed by atoms with Crippen LogP contribution in [0.15, 0.2) is 0 Å². The average molecular weight is 253 g/mol. The zero-order valence-electron chi connectivity index (χ0n) is 12.7. The van der Waals surface area contributed by atoms with E-state index in [2.05, 4.69) is 42.9 Å². The van der Waals surface area contributed by atoms with Gasteiger partial charge in [-0.25, -0.2) is 0 Å². The molecular weight excluding hydrogens is 222 g/mol. The first kappa shape index (κ1) is 14.3. The van der Waals surface area contributed by atoms with Gasteiger partial charge in [0.05, 0.1) is 0 Å². The molecule has 2 fully saturated rings. The van der Waals surface area contributed by atoms with Gasteiger partial charge in [-0.3, -0.25) is 9.80 Å². The van der Waals surface area contributed by atoms with Crippen LogP contribution >= 0.6 is 0 Å². The van der Waals surface area contributed by atoms with Gasteiger partial charge in [0, 0.05) is 38.3 Å². The summed E-state index contributed by atoms with van der Waals surface area (Å²) in [6.07, 6.45) is 4.08. The van der Waals surface area contributed by atoms with E-state index in [-0.39, 0.29) is 0 Å². The third-order valence-corrected chi connectivity index (χ3v) is 5.11. The summed E-state index contributed by atoms with van der Waals surface area (Å²) < 4.78 is 0. The lowest BCUT2D eigenvalue weighted by molar-refractivity contribution is 0.0289. The molecule has 3 heteroatoms. The largest absolute Gasteiger partial charge is 0.319 e. The highest BCUT2D eigenvalue weighted by molar-refractivity contribution is 4.93. The van der Waals surface area contributed by atoms with Gasteiger partial charge in [-0.2, -0.15) is 0 Å². The van der Waals surface area contributed by atoms with Gasteiger partial charge in [0.1, 0.15) is 0 Å². The predicted octanol–water partition coefficient (Wildman–Crippen LogP) is 1.79. The molecule has 0 aromatic heterocycles. The van der Waals surface area contributed by atoms with Crippen LogP contribution in [0.5, 0.6) is 0 Å². The number of hydrogen-bond donors (Lipinski definition) is 1. The molecule has 0 saturated carbocycles. The van der Waals surface area contributed by atoms with Crippen molar-refractivity contribution in [3.63, 3.8) is 0 Å². The van der Waals surface area contributed by atoms with E-state index in [4.69, 9.17) is 0 Å². The van der Waals surface area contributed by atoms with Crippen molar-refractivity contribution in [2.75, 3.05) is 39.8 Å². The highest BCUT2D eigenvalue weighted by Gasteiger charge is 2.36. The van der Waals surface area contributed by atoms with Crippen LogP contribution in [0, 0.1) is 5.41 Å². The lowest BCUT2D eigenvalue weighted by Gasteiger charge is -2.46. The second-order valence-corrected chi connectivity index (χ2v) is 6.76. The quantitative estimate of drug-likeness (QED) is 0.806. The summed E-state index contributed by atoms with van der Waals surface area (Å²) in [5.41, 5.74) is 0.420. The van der Waals surface area contributed by atoms with E-state index in [0.29, 0.717) is 5.41 Å². The van der Waals surface area contributed by atoms with Crippen molar-refractivity contribution in [3.8, 4) is 0 Å². The molecule has 0 bridgehead atoms. The average Bonchev–Trinajstić information content (AvgIpc) is 2.77. The second kappa shape index (κ2) is 5.89. The zero-order valence-corrected chi connectivity index (χ0v) is 12.7. The van der Waals surface area contributed by atoms with Crippen molar-refractivity contribution in [1.82, 2.24) is 15.1 Å². The van der Waals surface area contributed by atoms with Crippen molar-refractivity contribution in [1.29, 1.82) is 0 Å². The second-order valence-electron chi connectivity index (χ2n) is 6.76. The Bertz CT molecular complexity index is 268. The van der Waals surface area contributed by atoms with Crippen LogP contribution in [0.3, 0.4) is 0 Å². The van der Waals surface area contributed by atoms with Crippen molar-refractivity contribution in [2.45, 2.75) is 52.1 Å². The molecule has 2 saturated heterocycles. The van der Waals surface area contributed by atoms with Crippen molar-refractivity contribution < 1.29 is 0 Å². The van der Waals surface area contributed by atoms with E-state index in [1.807, 2.05) is 0 Å². The molecule has 3 atom stereocenters. The maximum atomic E-state index is 3.37. The minimum absolute atomic E-state index is 0.420. The Labute approximate surface area is 113 Å². The van der Waals surface area contributed by atoms with Gasteiger partial charge in [-0.05, 0) is 45.2 Å². The molecule has 2 rings (SSSR count). The molecule has 3 unspecified atom stereocenters. The first-order valence-electron chi connectivity index (χ1n) is 7.70. The topological polar surface area (TPSA) is 18.5 Å². The van der Waals surface area contributed by atoms with Gasteiger partial charge >= 0.3 is 0 Å². The maximum Gasteiger partial charge on any atom is 0.0224 e. The summed E-state index contributed by atoms with van der Waals surface area (Å²) in [6.45, 7) is 13.4. The summed E-state index contributed by atoms with van der Waals surface area (Å²) in [4.78, 5) is 5.45. The molecule has 0 aliphatic carbocycles. The normalized spacial score (nSPS) is 33.3. The SMILES string of the molecule is CCC(C)(CNC)CN1CC2CCCN2CC1C. The van der Waals surface area contributed by atoms with Gasteiger partial charge in [-0.15, -0.1) is 0 Å². The van der Waals surface area contributed by atoms with E-state index < -0.39 is 0 Å². The van der Waals surface area contributed by atoms with Crippen LogP contribution in [0.4, 0.5) is 0 Å². The molecule has 0 aromatic rings. The minimum Gasteiger partial charge on any atom is -0.319 e. The number of nitrogens with zero attached hydrogens (tertiary/aromatic N) is 2. The number of piperazine rings is 1. The van der Waals surface area contributed by atoms with E-state index in [1.54, 1.807) is 0 Å². The number of fused-ring (bicyclic) bond motifs is 1. The molecule has 106 valence electrons. The molecular formula is C15H31N3. The molecule has 1 N–H and O–H groups in total. The first-order chi connectivity index (χ1) is 8.58. The smallest absolute Gasteiger partial charge is 0.0224 e. The van der Waals surface area contributed by atoms with E-state index in [1.165, 1.54) is 45.4 Å². The highest BCUT2D eigenvalue weighted by Crippen LogP contribution is 2.28. The summed E-state index contributed by atoms with van der Waals surface area (Å²) >= 11 is 0. The van der Waals surface area contributed by atoms with Crippen LogP contribution in [0.25, 0.3) is 0 Å². The van der Waals surface area contributed by atoms with Crippen LogP contribution in [-0.2, 0) is 0 Å². The third kappa shape index (κ3) is 3.06. The molecule has 2 heterocycles. The molecule has 2 aliphatic heterocycles. The molecule has 2 aliphatic rings. The third-order valence-electron chi connectivity index (χ3n) is 5.11. The Morgan fingerprint density at radius 1 is 1.33 bits per heavy atom. The highest BCUT2D eigenvalue weighted by atomic mass is 15.3. The first-order valence-corrected chi connectivity index (χ1v) is 7.70. The Kier molecular flexibility index (Phi) is 4.68. The molecule has 0 amide bonds. The van der Waals surface area contributed by atoms with Crippen LogP contribution in [-0.4, -0.2) is 61.7 Å². The van der Waals surface area contributed by atoms with Crippen LogP contribution in [0.2, 0.25) is 0 Å². The minimum atomic E-state index is 0.420. The maximum absolute atomic E-state index is 3.37. The van der Waals surface area contributed by atoms with Gasteiger partial charge in [-0.1, -0.05) is 13.8 Å². The summed E-state index contributed by atoms with van der Waals surface area (Å²) in [5.74, 6) is 0. The lowest BCUT2D eigenvalue weighted by atomic mass is 9.86. The molecule has 18 heavy (non-hydrogen) atoms. The van der Waals surface area contributed by atoms with Gasteiger partial charge in [0.15, 0.2) is 0 Å². The Morgan fingerprint density at radius 3 is 2.78 bits per heavy atom. The number of nitrogens with one attached hydrogen (secondary N) is 1. The van der Waals surface area contributed by atoms with Crippen LogP contribution < -0.4 is 5.32 Å². The van der Waals surface area contributed by atoms with Gasteiger partial charge in [0.2, 0.25) is 0 Å². The van der Waals surface area contributed by atoms with Gasteiger partial charge in [0.25, 0.3) is 0 Å². The predicted molar refractivity (Wildman–Crippen MR) is 78.0 cm³/mol. The van der Waals surface area contributed by atoms with Gasteiger partial charge < -0.3 is 5.32 Å². The Balaban J connectivity index is 1.95. The lowest BCUT2D eigenvalue weighted by Crippen LogP contribution is -2.57. The Hall–Kier alpha value is -0.120. The molecule has 0 spiro atoms. The molecule has 0 aromatic carbocycles. The fourth-order valence-electron chi connectivity index (χ4n) is 3.68. The summed E-state index contributed by atoms with van der Waals surface area (Å²) in [5, 5.41) is 3.37. The molecule has 0 radical (unpaired) electrons. The van der Waals surface area contributed by atoms with Crippen molar-refractivity contribution in [3.05, 3.63) is 0 Å². The number of hydrogen-bond acceptors (Lipinski definition) is 3. The van der Waals surface area contributed by atoms with Crippen LogP contribution in [0.1, 0.15) is 40.0 Å². The van der Waals surface area contributed by atoms with E-state index in [9.17, 15) is 0 Å². The zero-order chi connectivity index (χ0) is 13.2. The fraction of sp³-hybridized carbons (Fsp3) is 1.00. The van der Waals surface area contributed by atoms with E-state index in [0.717, 1.165) is 18.6 Å². The Morgan fingerprint density at radius 2 is 2.11 bits per heavy atom. The van der Waals surface area contributed by atoms with Crippen molar-refractivity contribution >= 4 is 0 Å².